The Bertz CT molecular complexity index is 1080. The topological polar surface area (TPSA) is 30.7 Å². The van der Waals surface area contributed by atoms with Gasteiger partial charge in [0.15, 0.2) is 6.29 Å². The van der Waals surface area contributed by atoms with Gasteiger partial charge >= 0.3 is 0 Å². The molecule has 0 saturated heterocycles. The molecule has 2 heterocycles. The van der Waals surface area contributed by atoms with E-state index in [1.54, 1.807) is 7.11 Å². The number of methoxy groups -OCH3 is 1. The molecule has 4 aromatic rings. The molecule has 0 atom stereocenters. The number of aldehydes is 1. The maximum atomic E-state index is 11.8. The Hall–Kier alpha value is -3.07. The third-order valence-corrected chi connectivity index (χ3v) is 4.47. The number of rotatable bonds is 3. The lowest BCUT2D eigenvalue weighted by Crippen LogP contribution is -1.93. The maximum absolute atomic E-state index is 11.8. The Balaban J connectivity index is 2.08. The summed E-state index contributed by atoms with van der Waals surface area (Å²) in [5.74, 6) is 0.835. The zero-order valence-electron chi connectivity index (χ0n) is 13.6. The quantitative estimate of drug-likeness (QED) is 0.504. The molecule has 0 spiro atoms. The van der Waals surface area contributed by atoms with Gasteiger partial charge in [0, 0.05) is 22.7 Å². The summed E-state index contributed by atoms with van der Waals surface area (Å²) < 4.78 is 7.41. The second-order valence-electron chi connectivity index (χ2n) is 5.92. The Kier molecular flexibility index (Phi) is 3.35. The van der Waals surface area contributed by atoms with Crippen LogP contribution in [0.15, 0.2) is 60.8 Å². The normalized spacial score (nSPS) is 11.1. The minimum atomic E-state index is 0.667. The van der Waals surface area contributed by atoms with Gasteiger partial charge in [0.2, 0.25) is 0 Å². The zero-order chi connectivity index (χ0) is 16.7. The molecule has 0 bridgehead atoms. The molecule has 0 fully saturated rings. The molecular formula is C21H17NO2. The summed E-state index contributed by atoms with van der Waals surface area (Å²) in [4.78, 5) is 11.8. The van der Waals surface area contributed by atoms with Crippen LogP contribution < -0.4 is 4.74 Å². The minimum absolute atomic E-state index is 0.667. The lowest BCUT2D eigenvalue weighted by molar-refractivity contribution is 0.111. The molecule has 0 unspecified atom stereocenters. The van der Waals surface area contributed by atoms with Gasteiger partial charge in [-0.15, -0.1) is 0 Å². The number of hydrogen-bond acceptors (Lipinski definition) is 2. The van der Waals surface area contributed by atoms with Crippen molar-refractivity contribution in [3.63, 3.8) is 0 Å². The fourth-order valence-corrected chi connectivity index (χ4v) is 3.33. The molecule has 2 aromatic carbocycles. The number of nitrogens with zero attached hydrogens (tertiary/aromatic N) is 1. The number of ether oxygens (including phenoxy) is 1. The molecule has 3 nitrogen and oxygen atoms in total. The third kappa shape index (κ3) is 2.09. The molecule has 2 aromatic heterocycles. The van der Waals surface area contributed by atoms with E-state index in [1.165, 1.54) is 5.56 Å². The number of hydrogen-bond donors (Lipinski definition) is 0. The predicted molar refractivity (Wildman–Crippen MR) is 97.0 cm³/mol. The lowest BCUT2D eigenvalue weighted by atomic mass is 9.98. The first kappa shape index (κ1) is 14.5. The number of carbonyl (C=O) groups excluding carboxylic acids is 1. The molecule has 118 valence electrons. The van der Waals surface area contributed by atoms with Gasteiger partial charge in [-0.25, -0.2) is 0 Å². The van der Waals surface area contributed by atoms with Crippen molar-refractivity contribution < 1.29 is 9.53 Å². The van der Waals surface area contributed by atoms with Crippen LogP contribution in [0.25, 0.3) is 27.4 Å². The van der Waals surface area contributed by atoms with Gasteiger partial charge in [0.1, 0.15) is 5.75 Å². The number of aryl methyl sites for hydroxylation is 1. The van der Waals surface area contributed by atoms with Crippen molar-refractivity contribution >= 4 is 22.6 Å². The van der Waals surface area contributed by atoms with Crippen LogP contribution in [0.4, 0.5) is 0 Å². The summed E-state index contributed by atoms with van der Waals surface area (Å²) in [7, 11) is 1.67. The van der Waals surface area contributed by atoms with Gasteiger partial charge in [-0.2, -0.15) is 0 Å². The highest BCUT2D eigenvalue weighted by molar-refractivity contribution is 6.04. The molecule has 3 heteroatoms. The number of carbonyl (C=O) groups is 1. The average Bonchev–Trinajstić information content (AvgIpc) is 2.97. The number of fused-ring (bicyclic) bond motifs is 2. The van der Waals surface area contributed by atoms with Gasteiger partial charge in [0.05, 0.1) is 12.8 Å². The minimum Gasteiger partial charge on any atom is -0.496 e. The number of benzene rings is 2. The van der Waals surface area contributed by atoms with Gasteiger partial charge in [0.25, 0.3) is 0 Å². The highest BCUT2D eigenvalue weighted by atomic mass is 16.5. The van der Waals surface area contributed by atoms with E-state index in [1.807, 2.05) is 47.0 Å². The molecule has 0 saturated carbocycles. The zero-order valence-corrected chi connectivity index (χ0v) is 13.6. The maximum Gasteiger partial charge on any atom is 0.167 e. The summed E-state index contributed by atoms with van der Waals surface area (Å²) in [5, 5.41) is 2.12. The van der Waals surface area contributed by atoms with Gasteiger partial charge < -0.3 is 9.14 Å². The molecule has 0 aliphatic heterocycles. The third-order valence-electron chi connectivity index (χ3n) is 4.47. The Morgan fingerprint density at radius 3 is 2.50 bits per heavy atom. The molecule has 4 rings (SSSR count). The summed E-state index contributed by atoms with van der Waals surface area (Å²) in [5.41, 5.74) is 4.83. The van der Waals surface area contributed by atoms with Crippen LogP contribution in [0, 0.1) is 6.92 Å². The Labute approximate surface area is 140 Å². The second-order valence-corrected chi connectivity index (χ2v) is 5.92. The van der Waals surface area contributed by atoms with E-state index in [0.29, 0.717) is 5.69 Å². The molecule has 0 N–H and O–H groups in total. The summed E-state index contributed by atoms with van der Waals surface area (Å²) >= 11 is 0. The van der Waals surface area contributed by atoms with Gasteiger partial charge in [-0.1, -0.05) is 24.3 Å². The SMILES string of the molecule is COc1ccc(-c2cc3cc(C)ccn3c2C=O)c2ccccc12. The summed E-state index contributed by atoms with van der Waals surface area (Å²) in [6, 6.07) is 18.3. The van der Waals surface area contributed by atoms with Crippen LogP contribution in [0.3, 0.4) is 0 Å². The molecule has 0 radical (unpaired) electrons. The summed E-state index contributed by atoms with van der Waals surface area (Å²) in [6.07, 6.45) is 2.88. The van der Waals surface area contributed by atoms with E-state index < -0.39 is 0 Å². The van der Waals surface area contributed by atoms with Crippen LogP contribution in [0.1, 0.15) is 16.1 Å². The van der Waals surface area contributed by atoms with E-state index in [0.717, 1.165) is 39.5 Å². The first-order valence-corrected chi connectivity index (χ1v) is 7.86. The van der Waals surface area contributed by atoms with E-state index in [-0.39, 0.29) is 0 Å². The molecule has 0 aliphatic rings. The monoisotopic (exact) mass is 315 g/mol. The highest BCUT2D eigenvalue weighted by Crippen LogP contribution is 2.36. The van der Waals surface area contributed by atoms with Gasteiger partial charge in [-0.05, 0) is 53.8 Å². The molecule has 24 heavy (non-hydrogen) atoms. The van der Waals surface area contributed by atoms with Crippen LogP contribution in [-0.4, -0.2) is 17.8 Å². The predicted octanol–water partition coefficient (Wildman–Crippen LogP) is 4.89. The average molecular weight is 315 g/mol. The van der Waals surface area contributed by atoms with E-state index in [9.17, 15) is 4.79 Å². The number of pyridine rings is 1. The smallest absolute Gasteiger partial charge is 0.167 e. The largest absolute Gasteiger partial charge is 0.496 e. The van der Waals surface area contributed by atoms with Gasteiger partial charge in [-0.3, -0.25) is 4.79 Å². The van der Waals surface area contributed by atoms with Crippen LogP contribution >= 0.6 is 0 Å². The lowest BCUT2D eigenvalue weighted by Gasteiger charge is -2.10. The van der Waals surface area contributed by atoms with Crippen molar-refractivity contribution in [2.24, 2.45) is 0 Å². The van der Waals surface area contributed by atoms with Crippen molar-refractivity contribution in [1.82, 2.24) is 4.40 Å². The highest BCUT2D eigenvalue weighted by Gasteiger charge is 2.15. The van der Waals surface area contributed by atoms with Crippen molar-refractivity contribution in [2.75, 3.05) is 7.11 Å². The van der Waals surface area contributed by atoms with Crippen LogP contribution in [0.5, 0.6) is 5.75 Å². The first-order chi connectivity index (χ1) is 11.7. The standard InChI is InChI=1S/C21H17NO2/c1-14-9-10-22-15(11-14)12-19(20(22)13-23)17-7-8-21(24-2)18-6-4-3-5-16(17)18/h3-13H,1-2H3. The molecule has 0 aliphatic carbocycles. The van der Waals surface area contributed by atoms with Crippen molar-refractivity contribution in [3.8, 4) is 16.9 Å². The van der Waals surface area contributed by atoms with E-state index in [4.69, 9.17) is 4.74 Å². The Morgan fingerprint density at radius 2 is 1.75 bits per heavy atom. The summed E-state index contributed by atoms with van der Waals surface area (Å²) in [6.45, 7) is 2.05. The first-order valence-electron chi connectivity index (χ1n) is 7.86. The van der Waals surface area contributed by atoms with Crippen molar-refractivity contribution in [3.05, 3.63) is 72.1 Å². The van der Waals surface area contributed by atoms with Crippen LogP contribution in [0.2, 0.25) is 0 Å². The fraction of sp³-hybridized carbons (Fsp3) is 0.0952. The van der Waals surface area contributed by atoms with Crippen molar-refractivity contribution in [1.29, 1.82) is 0 Å². The molecular weight excluding hydrogens is 298 g/mol. The van der Waals surface area contributed by atoms with E-state index in [2.05, 4.69) is 25.1 Å². The van der Waals surface area contributed by atoms with E-state index >= 15 is 0 Å². The van der Waals surface area contributed by atoms with Crippen molar-refractivity contribution in [2.45, 2.75) is 6.92 Å². The van der Waals surface area contributed by atoms with Crippen LogP contribution in [-0.2, 0) is 0 Å². The fourth-order valence-electron chi connectivity index (χ4n) is 3.33. The molecule has 0 amide bonds. The Morgan fingerprint density at radius 1 is 0.958 bits per heavy atom. The second kappa shape index (κ2) is 5.53. The number of aromatic nitrogens is 1.